The first-order valence-electron chi connectivity index (χ1n) is 17.4. The smallest absolute Gasteiger partial charge is 0.407 e. The topological polar surface area (TPSA) is 147 Å². The summed E-state index contributed by atoms with van der Waals surface area (Å²) in [4.78, 5) is 47.5. The Hall–Kier alpha value is -5.01. The van der Waals surface area contributed by atoms with Gasteiger partial charge in [-0.25, -0.2) is 14.8 Å². The molecule has 3 aromatic heterocycles. The summed E-state index contributed by atoms with van der Waals surface area (Å²) in [5, 5.41) is 16.9. The van der Waals surface area contributed by atoms with Gasteiger partial charge in [-0.3, -0.25) is 14.0 Å². The number of carboxylic acid groups (broad SMARTS) is 1. The van der Waals surface area contributed by atoms with Gasteiger partial charge in [-0.15, -0.1) is 0 Å². The lowest BCUT2D eigenvalue weighted by molar-refractivity contribution is -0.119. The van der Waals surface area contributed by atoms with E-state index in [0.717, 1.165) is 30.6 Å². The van der Waals surface area contributed by atoms with Gasteiger partial charge in [-0.05, 0) is 49.1 Å². The molecule has 2 saturated heterocycles. The van der Waals surface area contributed by atoms with Crippen LogP contribution in [0.25, 0.3) is 39.2 Å². The van der Waals surface area contributed by atoms with Crippen LogP contribution in [0.2, 0.25) is 10.0 Å². The second kappa shape index (κ2) is 15.9. The first kappa shape index (κ1) is 36.4. The van der Waals surface area contributed by atoms with E-state index in [9.17, 15) is 19.5 Å². The predicted octanol–water partition coefficient (Wildman–Crippen LogP) is 6.43. The highest BCUT2D eigenvalue weighted by Gasteiger charge is 2.26. The number of rotatable bonds is 12. The third-order valence-corrected chi connectivity index (χ3v) is 10.5. The van der Waals surface area contributed by atoms with Crippen LogP contribution < -0.4 is 20.9 Å². The average molecular weight is 758 g/mol. The zero-order chi connectivity index (χ0) is 37.1. The first-order chi connectivity index (χ1) is 25.7. The van der Waals surface area contributed by atoms with Crippen LogP contribution in [0.1, 0.15) is 36.8 Å². The number of hydrogen-bond acceptors (Lipinski definition) is 8. The standard InChI is InChI=1S/C39H38Cl2N6O6/c1-52-37-24(21-46(39(50)51)22-26-11-13-34(48)44-26)10-12-32(45-37)31-9-3-8-30(36(31)41)29-7-2-6-28(35(29)40)23-14-15-47-33(17-23)43-19-25(38(47)49)18-42-20-27-5-4-16-53-27/h2-3,6-10,12,14-15,17,19,26-27,42H,4-5,11,13,16,18,20-22H2,1H3,(H,44,48)(H,50,51)/t26-,27-/m0/s1. The summed E-state index contributed by atoms with van der Waals surface area (Å²) >= 11 is 14.2. The lowest BCUT2D eigenvalue weighted by Crippen LogP contribution is -2.41. The molecule has 3 N–H and O–H groups in total. The van der Waals surface area contributed by atoms with Crippen LogP contribution in [0.15, 0.2) is 77.9 Å². The van der Waals surface area contributed by atoms with Crippen molar-refractivity contribution in [2.75, 3.05) is 26.8 Å². The fourth-order valence-electron chi connectivity index (χ4n) is 6.89. The molecule has 2 amide bonds. The monoisotopic (exact) mass is 756 g/mol. The van der Waals surface area contributed by atoms with Gasteiger partial charge < -0.3 is 30.1 Å². The van der Waals surface area contributed by atoms with Gasteiger partial charge in [0, 0.05) is 84.5 Å². The number of halogens is 2. The van der Waals surface area contributed by atoms with Crippen molar-refractivity contribution in [1.82, 2.24) is 29.9 Å². The Balaban J connectivity index is 1.13. The number of benzene rings is 2. The Morgan fingerprint density at radius 3 is 2.49 bits per heavy atom. The van der Waals surface area contributed by atoms with E-state index in [4.69, 9.17) is 37.7 Å². The molecule has 12 nitrogen and oxygen atoms in total. The number of amides is 2. The minimum atomic E-state index is -1.11. The summed E-state index contributed by atoms with van der Waals surface area (Å²) in [5.74, 6) is 0.181. The second-order valence-corrected chi connectivity index (χ2v) is 13.9. The van der Waals surface area contributed by atoms with Crippen molar-refractivity contribution in [1.29, 1.82) is 0 Å². The van der Waals surface area contributed by atoms with E-state index in [2.05, 4.69) is 15.6 Å². The van der Waals surface area contributed by atoms with Crippen LogP contribution in [-0.4, -0.2) is 75.3 Å². The molecule has 0 unspecified atom stereocenters. The number of pyridine rings is 2. The summed E-state index contributed by atoms with van der Waals surface area (Å²) < 4.78 is 12.8. The maximum atomic E-state index is 13.3. The number of fused-ring (bicyclic) bond motifs is 1. The Kier molecular flexibility index (Phi) is 10.9. The minimum absolute atomic E-state index is 0.0296. The minimum Gasteiger partial charge on any atom is -0.481 e. The molecular weight excluding hydrogens is 719 g/mol. The number of hydrogen-bond donors (Lipinski definition) is 3. The zero-order valence-corrected chi connectivity index (χ0v) is 30.5. The van der Waals surface area contributed by atoms with Gasteiger partial charge in [0.15, 0.2) is 0 Å². The number of carbonyl (C=O) groups is 2. The Labute approximate surface area is 315 Å². The lowest BCUT2D eigenvalue weighted by atomic mass is 9.97. The molecule has 0 aliphatic carbocycles. The number of aromatic nitrogens is 3. The van der Waals surface area contributed by atoms with E-state index in [-0.39, 0.29) is 42.6 Å². The van der Waals surface area contributed by atoms with Gasteiger partial charge in [0.05, 0.1) is 35.5 Å². The molecule has 2 aliphatic rings. The van der Waals surface area contributed by atoms with Crippen molar-refractivity contribution in [2.45, 2.75) is 50.9 Å². The molecule has 0 bridgehead atoms. The highest BCUT2D eigenvalue weighted by atomic mass is 35.5. The summed E-state index contributed by atoms with van der Waals surface area (Å²) in [6, 6.07) is 18.3. The van der Waals surface area contributed by atoms with Crippen LogP contribution in [0, 0.1) is 0 Å². The van der Waals surface area contributed by atoms with Crippen LogP contribution in [-0.2, 0) is 22.6 Å². The quantitative estimate of drug-likeness (QED) is 0.131. The molecule has 0 spiro atoms. The first-order valence-corrected chi connectivity index (χ1v) is 18.2. The SMILES string of the molecule is COc1nc(-c2cccc(-c3cccc(-c4ccn5c(=O)c(CNC[C@@H]6CCCO6)cnc5c4)c3Cl)c2Cl)ccc1CN(C[C@@H]1CCC(=O)N1)C(=O)O. The molecule has 7 rings (SSSR count). The number of ether oxygens (including phenoxy) is 2. The molecule has 14 heteroatoms. The molecule has 2 atom stereocenters. The number of carbonyl (C=O) groups excluding carboxylic acids is 1. The van der Waals surface area contributed by atoms with Crippen LogP contribution in [0.5, 0.6) is 5.88 Å². The molecule has 274 valence electrons. The number of nitrogens with zero attached hydrogens (tertiary/aromatic N) is 4. The second-order valence-electron chi connectivity index (χ2n) is 13.2. The fourth-order valence-corrected chi connectivity index (χ4v) is 7.55. The number of nitrogens with one attached hydrogen (secondary N) is 2. The maximum absolute atomic E-state index is 13.3. The summed E-state index contributed by atoms with van der Waals surface area (Å²) in [6.45, 7) is 2.07. The third-order valence-electron chi connectivity index (χ3n) is 9.66. The molecule has 5 aromatic rings. The largest absolute Gasteiger partial charge is 0.481 e. The van der Waals surface area contributed by atoms with Crippen LogP contribution in [0.3, 0.4) is 0 Å². The van der Waals surface area contributed by atoms with E-state index in [1.165, 1.54) is 16.4 Å². The van der Waals surface area contributed by atoms with Crippen LogP contribution in [0.4, 0.5) is 4.79 Å². The van der Waals surface area contributed by atoms with E-state index < -0.39 is 6.09 Å². The van der Waals surface area contributed by atoms with Crippen molar-refractivity contribution < 1.29 is 24.2 Å². The Morgan fingerprint density at radius 1 is 1.04 bits per heavy atom. The van der Waals surface area contributed by atoms with Gasteiger partial charge in [0.25, 0.3) is 5.56 Å². The average Bonchev–Trinajstić information content (AvgIpc) is 3.84. The van der Waals surface area contributed by atoms with E-state index in [0.29, 0.717) is 75.1 Å². The van der Waals surface area contributed by atoms with Crippen molar-refractivity contribution in [3.8, 4) is 39.4 Å². The molecule has 5 heterocycles. The Morgan fingerprint density at radius 2 is 1.79 bits per heavy atom. The van der Waals surface area contributed by atoms with Crippen LogP contribution >= 0.6 is 23.2 Å². The fraction of sp³-hybridized carbons (Fsp3) is 0.308. The van der Waals surface area contributed by atoms with Gasteiger partial charge in [0.2, 0.25) is 11.8 Å². The molecule has 53 heavy (non-hydrogen) atoms. The van der Waals surface area contributed by atoms with E-state index >= 15 is 0 Å². The maximum Gasteiger partial charge on any atom is 0.407 e. The summed E-state index contributed by atoms with van der Waals surface area (Å²) in [6.07, 6.45) is 5.45. The van der Waals surface area contributed by atoms with E-state index in [1.807, 2.05) is 48.5 Å². The zero-order valence-electron chi connectivity index (χ0n) is 29.0. The summed E-state index contributed by atoms with van der Waals surface area (Å²) in [7, 11) is 1.48. The van der Waals surface area contributed by atoms with Gasteiger partial charge in [0.1, 0.15) is 5.65 Å². The Bertz CT molecular complexity index is 2240. The highest BCUT2D eigenvalue weighted by molar-refractivity contribution is 6.39. The van der Waals surface area contributed by atoms with Crippen molar-refractivity contribution in [3.63, 3.8) is 0 Å². The number of methoxy groups -OCH3 is 1. The van der Waals surface area contributed by atoms with Gasteiger partial charge >= 0.3 is 6.09 Å². The molecule has 2 aliphatic heterocycles. The normalized spacial score (nSPS) is 16.9. The predicted molar refractivity (Wildman–Crippen MR) is 202 cm³/mol. The van der Waals surface area contributed by atoms with Gasteiger partial charge in [-0.1, -0.05) is 59.6 Å². The highest BCUT2D eigenvalue weighted by Crippen LogP contribution is 2.42. The molecule has 0 radical (unpaired) electrons. The van der Waals surface area contributed by atoms with Gasteiger partial charge in [-0.2, -0.15) is 0 Å². The molecule has 2 fully saturated rings. The third kappa shape index (κ3) is 7.86. The van der Waals surface area contributed by atoms with Crippen molar-refractivity contribution in [2.24, 2.45) is 0 Å². The van der Waals surface area contributed by atoms with E-state index in [1.54, 1.807) is 24.5 Å². The molecular formula is C39H38Cl2N6O6. The summed E-state index contributed by atoms with van der Waals surface area (Å²) in [5.41, 5.74) is 5.58. The van der Waals surface area contributed by atoms with Crippen molar-refractivity contribution >= 4 is 40.8 Å². The molecule has 2 aromatic carbocycles. The lowest BCUT2D eigenvalue weighted by Gasteiger charge is -2.23. The van der Waals surface area contributed by atoms with Crippen molar-refractivity contribution in [3.05, 3.63) is 105 Å². The molecule has 0 saturated carbocycles.